The van der Waals surface area contributed by atoms with Crippen molar-refractivity contribution < 1.29 is 18.0 Å². The minimum Gasteiger partial charge on any atom is -0.396 e. The Balaban J connectivity index is 2.09. The summed E-state index contributed by atoms with van der Waals surface area (Å²) in [7, 11) is -2.96. The Kier molecular flexibility index (Phi) is 3.45. The Hall–Kier alpha value is -0.990. The maximum atomic E-state index is 11.3. The lowest BCUT2D eigenvalue weighted by molar-refractivity contribution is 0.259. The fourth-order valence-corrected chi connectivity index (χ4v) is 3.56. The van der Waals surface area contributed by atoms with Gasteiger partial charge in [-0.2, -0.15) is 4.98 Å². The molecule has 3 N–H and O–H groups in total. The molecular formula is C9H15N3O4S. The highest BCUT2D eigenvalue weighted by Crippen LogP contribution is 2.27. The number of aliphatic hydroxyl groups excluding tert-OH is 1. The molecule has 1 aromatic heterocycles. The van der Waals surface area contributed by atoms with E-state index in [0.717, 1.165) is 0 Å². The number of nitrogens with zero attached hydrogens (tertiary/aromatic N) is 2. The third-order valence-corrected chi connectivity index (χ3v) is 4.58. The molecule has 7 nitrogen and oxygen atoms in total. The predicted molar refractivity (Wildman–Crippen MR) is 58.9 cm³/mol. The van der Waals surface area contributed by atoms with E-state index in [0.29, 0.717) is 18.7 Å². The average Bonchev–Trinajstić information content (AvgIpc) is 2.84. The van der Waals surface area contributed by atoms with Gasteiger partial charge < -0.3 is 15.4 Å². The summed E-state index contributed by atoms with van der Waals surface area (Å²) in [5, 5.41) is 12.5. The van der Waals surface area contributed by atoms with Gasteiger partial charge in [0.05, 0.1) is 17.5 Å². The zero-order chi connectivity index (χ0) is 12.5. The molecule has 0 spiro atoms. The van der Waals surface area contributed by atoms with Crippen LogP contribution < -0.4 is 5.73 Å². The third-order valence-electron chi connectivity index (χ3n) is 2.81. The van der Waals surface area contributed by atoms with Crippen LogP contribution in [-0.4, -0.2) is 41.8 Å². The molecule has 2 heterocycles. The summed E-state index contributed by atoms with van der Waals surface area (Å²) in [4.78, 5) is 4.10. The lowest BCUT2D eigenvalue weighted by Gasteiger charge is -2.02. The van der Waals surface area contributed by atoms with E-state index in [1.165, 1.54) is 0 Å². The van der Waals surface area contributed by atoms with Crippen LogP contribution in [0.4, 0.5) is 0 Å². The van der Waals surface area contributed by atoms with Gasteiger partial charge in [-0.25, -0.2) is 8.42 Å². The summed E-state index contributed by atoms with van der Waals surface area (Å²) in [6, 6.07) is -0.501. The Morgan fingerprint density at radius 1 is 1.59 bits per heavy atom. The molecule has 1 aromatic rings. The molecule has 96 valence electrons. The number of sulfone groups is 1. The molecular weight excluding hydrogens is 246 g/mol. The van der Waals surface area contributed by atoms with Crippen molar-refractivity contribution in [3.05, 3.63) is 11.7 Å². The molecule has 1 aliphatic rings. The first-order chi connectivity index (χ1) is 8.02. The number of nitrogens with two attached hydrogens (primary N) is 1. The molecule has 2 rings (SSSR count). The van der Waals surface area contributed by atoms with Crippen LogP contribution in [0.2, 0.25) is 0 Å². The fourth-order valence-electron chi connectivity index (χ4n) is 1.82. The highest BCUT2D eigenvalue weighted by molar-refractivity contribution is 7.91. The van der Waals surface area contributed by atoms with E-state index in [9.17, 15) is 8.42 Å². The normalized spacial score (nSPS) is 24.9. The van der Waals surface area contributed by atoms with Crippen LogP contribution in [0.1, 0.15) is 36.5 Å². The smallest absolute Gasteiger partial charge is 0.243 e. The SMILES string of the molecule is NC(CCO)c1nc(C2CCS(=O)(=O)C2)no1. The maximum Gasteiger partial charge on any atom is 0.243 e. The van der Waals surface area contributed by atoms with Crippen molar-refractivity contribution in [1.29, 1.82) is 0 Å². The van der Waals surface area contributed by atoms with E-state index in [-0.39, 0.29) is 29.9 Å². The minimum atomic E-state index is -2.96. The van der Waals surface area contributed by atoms with E-state index >= 15 is 0 Å². The number of aliphatic hydroxyl groups is 1. The van der Waals surface area contributed by atoms with E-state index in [4.69, 9.17) is 15.4 Å². The second-order valence-corrected chi connectivity index (χ2v) is 6.44. The van der Waals surface area contributed by atoms with Gasteiger partial charge in [0, 0.05) is 12.5 Å². The van der Waals surface area contributed by atoms with Crippen molar-refractivity contribution in [3.8, 4) is 0 Å². The monoisotopic (exact) mass is 261 g/mol. The summed E-state index contributed by atoms with van der Waals surface area (Å²) in [6.07, 6.45) is 0.862. The van der Waals surface area contributed by atoms with Crippen LogP contribution in [0.5, 0.6) is 0 Å². The second kappa shape index (κ2) is 4.71. The van der Waals surface area contributed by atoms with Crippen molar-refractivity contribution in [2.75, 3.05) is 18.1 Å². The first-order valence-electron chi connectivity index (χ1n) is 5.42. The quantitative estimate of drug-likeness (QED) is 0.739. The zero-order valence-corrected chi connectivity index (χ0v) is 10.1. The maximum absolute atomic E-state index is 11.3. The molecule has 0 saturated carbocycles. The van der Waals surface area contributed by atoms with Crippen LogP contribution in [0.3, 0.4) is 0 Å². The van der Waals surface area contributed by atoms with Crippen molar-refractivity contribution in [2.45, 2.75) is 24.8 Å². The van der Waals surface area contributed by atoms with Crippen molar-refractivity contribution in [3.63, 3.8) is 0 Å². The topological polar surface area (TPSA) is 119 Å². The first-order valence-corrected chi connectivity index (χ1v) is 7.24. The summed E-state index contributed by atoms with van der Waals surface area (Å²) in [5.41, 5.74) is 5.70. The average molecular weight is 261 g/mol. The van der Waals surface area contributed by atoms with Gasteiger partial charge in [-0.05, 0) is 12.8 Å². The van der Waals surface area contributed by atoms with Gasteiger partial charge in [0.15, 0.2) is 15.7 Å². The van der Waals surface area contributed by atoms with Gasteiger partial charge in [0.2, 0.25) is 5.89 Å². The lowest BCUT2D eigenvalue weighted by atomic mass is 10.1. The molecule has 0 bridgehead atoms. The second-order valence-electron chi connectivity index (χ2n) is 4.21. The summed E-state index contributed by atoms with van der Waals surface area (Å²) in [5.74, 6) is 0.692. The van der Waals surface area contributed by atoms with Gasteiger partial charge in [0.25, 0.3) is 0 Å². The summed E-state index contributed by atoms with van der Waals surface area (Å²) >= 11 is 0. The predicted octanol–water partition coefficient (Wildman–Crippen LogP) is -0.646. The van der Waals surface area contributed by atoms with Crippen LogP contribution >= 0.6 is 0 Å². The van der Waals surface area contributed by atoms with E-state index in [1.807, 2.05) is 0 Å². The number of rotatable bonds is 4. The molecule has 0 aliphatic carbocycles. The molecule has 2 atom stereocenters. The third kappa shape index (κ3) is 2.82. The Morgan fingerprint density at radius 3 is 2.94 bits per heavy atom. The Morgan fingerprint density at radius 2 is 2.35 bits per heavy atom. The van der Waals surface area contributed by atoms with Crippen molar-refractivity contribution in [1.82, 2.24) is 10.1 Å². The summed E-state index contributed by atoms with van der Waals surface area (Å²) < 4.78 is 27.6. The van der Waals surface area contributed by atoms with Crippen LogP contribution in [0, 0.1) is 0 Å². The zero-order valence-electron chi connectivity index (χ0n) is 9.24. The van der Waals surface area contributed by atoms with Gasteiger partial charge in [-0.1, -0.05) is 5.16 Å². The minimum absolute atomic E-state index is 0.0588. The molecule has 0 radical (unpaired) electrons. The Labute approximate surface area is 98.9 Å². The molecule has 2 unspecified atom stereocenters. The van der Waals surface area contributed by atoms with Crippen LogP contribution in [0.25, 0.3) is 0 Å². The lowest BCUT2D eigenvalue weighted by Crippen LogP contribution is -2.12. The largest absolute Gasteiger partial charge is 0.396 e. The highest BCUT2D eigenvalue weighted by Gasteiger charge is 2.32. The molecule has 8 heteroatoms. The molecule has 1 fully saturated rings. The van der Waals surface area contributed by atoms with Crippen molar-refractivity contribution >= 4 is 9.84 Å². The number of hydrogen-bond donors (Lipinski definition) is 2. The van der Waals surface area contributed by atoms with E-state index in [2.05, 4.69) is 10.1 Å². The molecule has 0 amide bonds. The van der Waals surface area contributed by atoms with Crippen LogP contribution in [-0.2, 0) is 9.84 Å². The van der Waals surface area contributed by atoms with Crippen LogP contribution in [0.15, 0.2) is 4.52 Å². The fraction of sp³-hybridized carbons (Fsp3) is 0.778. The standard InChI is InChI=1S/C9H15N3O4S/c10-7(1-3-13)9-11-8(12-16-9)6-2-4-17(14,15)5-6/h6-7,13H,1-5,10H2. The van der Waals surface area contributed by atoms with Gasteiger partial charge in [-0.15, -0.1) is 0 Å². The number of aromatic nitrogens is 2. The summed E-state index contributed by atoms with van der Waals surface area (Å²) in [6.45, 7) is -0.0588. The van der Waals surface area contributed by atoms with E-state index < -0.39 is 15.9 Å². The molecule has 0 aromatic carbocycles. The first kappa shape index (κ1) is 12.5. The van der Waals surface area contributed by atoms with Gasteiger partial charge in [0.1, 0.15) is 0 Å². The number of hydrogen-bond acceptors (Lipinski definition) is 7. The highest BCUT2D eigenvalue weighted by atomic mass is 32.2. The molecule has 17 heavy (non-hydrogen) atoms. The van der Waals surface area contributed by atoms with E-state index in [1.54, 1.807) is 0 Å². The molecule has 1 aliphatic heterocycles. The van der Waals surface area contributed by atoms with Crippen molar-refractivity contribution in [2.24, 2.45) is 5.73 Å². The van der Waals surface area contributed by atoms with Gasteiger partial charge >= 0.3 is 0 Å². The van der Waals surface area contributed by atoms with Gasteiger partial charge in [-0.3, -0.25) is 0 Å². The molecule has 1 saturated heterocycles. The Bertz CT molecular complexity index is 484.